The van der Waals surface area contributed by atoms with Crippen LogP contribution in [-0.4, -0.2) is 35.9 Å². The standard InChI is InChI=1S/C26H25F3N4O4/c27-26(28,29)21-6-1-2-7-22(21)32-19-10-8-18(9-11-19)16-31-24(35)37-25(12-14-36-17-25)33-23(34)15-20-5-3-4-13-30-20/h1-11,13,32H,12,14-17H2,(H,31,35)(H,33,34). The molecule has 0 spiro atoms. The number of anilines is 2. The Balaban J connectivity index is 1.30. The molecule has 0 aliphatic carbocycles. The van der Waals surface area contributed by atoms with Crippen LogP contribution in [0.15, 0.2) is 72.9 Å². The molecule has 4 rings (SSSR count). The maximum Gasteiger partial charge on any atom is 0.418 e. The van der Waals surface area contributed by atoms with Crippen LogP contribution < -0.4 is 16.0 Å². The Bertz CT molecular complexity index is 1210. The van der Waals surface area contributed by atoms with E-state index in [1.807, 2.05) is 0 Å². The van der Waals surface area contributed by atoms with Crippen molar-refractivity contribution >= 4 is 23.4 Å². The van der Waals surface area contributed by atoms with Crippen LogP contribution in [0, 0.1) is 0 Å². The molecule has 3 aromatic rings. The molecule has 194 valence electrons. The zero-order chi connectivity index (χ0) is 26.3. The molecule has 0 saturated carbocycles. The van der Waals surface area contributed by atoms with Gasteiger partial charge >= 0.3 is 12.3 Å². The minimum atomic E-state index is -4.48. The Labute approximate surface area is 211 Å². The van der Waals surface area contributed by atoms with E-state index in [0.29, 0.717) is 30.0 Å². The minimum absolute atomic E-state index is 0.0220. The summed E-state index contributed by atoms with van der Waals surface area (Å²) in [4.78, 5) is 29.1. The molecule has 1 unspecified atom stereocenters. The van der Waals surface area contributed by atoms with Gasteiger partial charge in [0.05, 0.1) is 24.3 Å². The number of nitrogens with one attached hydrogen (secondary N) is 3. The van der Waals surface area contributed by atoms with E-state index in [2.05, 4.69) is 20.9 Å². The van der Waals surface area contributed by atoms with E-state index >= 15 is 0 Å². The fourth-order valence-electron chi connectivity index (χ4n) is 3.80. The van der Waals surface area contributed by atoms with Crippen LogP contribution in [0.5, 0.6) is 0 Å². The highest BCUT2D eigenvalue weighted by Crippen LogP contribution is 2.35. The van der Waals surface area contributed by atoms with Gasteiger partial charge in [0.2, 0.25) is 11.6 Å². The van der Waals surface area contributed by atoms with Crippen LogP contribution in [0.3, 0.4) is 0 Å². The summed E-state index contributed by atoms with van der Waals surface area (Å²) in [5.74, 6) is -0.354. The van der Waals surface area contributed by atoms with Crippen molar-refractivity contribution in [1.82, 2.24) is 15.6 Å². The number of rotatable bonds is 8. The quantitative estimate of drug-likeness (QED) is 0.382. The fourth-order valence-corrected chi connectivity index (χ4v) is 3.80. The lowest BCUT2D eigenvalue weighted by Gasteiger charge is -2.28. The monoisotopic (exact) mass is 514 g/mol. The summed E-state index contributed by atoms with van der Waals surface area (Å²) in [7, 11) is 0. The molecule has 11 heteroatoms. The summed E-state index contributed by atoms with van der Waals surface area (Å²) in [6, 6.07) is 17.0. The summed E-state index contributed by atoms with van der Waals surface area (Å²) in [5, 5.41) is 8.13. The normalized spacial score (nSPS) is 17.2. The number of alkyl halides is 3. The van der Waals surface area contributed by atoms with Crippen molar-refractivity contribution in [3.05, 3.63) is 89.7 Å². The molecule has 1 fully saturated rings. The number of amides is 2. The Morgan fingerprint density at radius 3 is 2.46 bits per heavy atom. The lowest BCUT2D eigenvalue weighted by molar-refractivity contribution is -0.137. The van der Waals surface area contributed by atoms with Gasteiger partial charge in [-0.05, 0) is 42.0 Å². The molecule has 1 saturated heterocycles. The molecule has 2 aromatic carbocycles. The molecule has 2 heterocycles. The van der Waals surface area contributed by atoms with E-state index in [1.54, 1.807) is 48.7 Å². The molecular formula is C26H25F3N4O4. The largest absolute Gasteiger partial charge is 0.420 e. The molecule has 1 aromatic heterocycles. The second-order valence-corrected chi connectivity index (χ2v) is 8.45. The number of ether oxygens (including phenoxy) is 2. The van der Waals surface area contributed by atoms with Gasteiger partial charge in [-0.2, -0.15) is 13.2 Å². The first-order valence-corrected chi connectivity index (χ1v) is 11.5. The number of pyridine rings is 1. The molecular weight excluding hydrogens is 489 g/mol. The van der Waals surface area contributed by atoms with Crippen molar-refractivity contribution in [3.8, 4) is 0 Å². The van der Waals surface area contributed by atoms with Crippen molar-refractivity contribution < 1.29 is 32.2 Å². The number of aromatic nitrogens is 1. The Hall–Kier alpha value is -4.12. The summed E-state index contributed by atoms with van der Waals surface area (Å²) in [5.41, 5.74) is -0.365. The average molecular weight is 515 g/mol. The number of hydrogen-bond donors (Lipinski definition) is 3. The number of benzene rings is 2. The topological polar surface area (TPSA) is 102 Å². The number of carbonyl (C=O) groups is 2. The Morgan fingerprint density at radius 2 is 1.78 bits per heavy atom. The highest BCUT2D eigenvalue weighted by molar-refractivity contribution is 5.79. The van der Waals surface area contributed by atoms with Crippen molar-refractivity contribution in [3.63, 3.8) is 0 Å². The van der Waals surface area contributed by atoms with Crippen LogP contribution in [0.4, 0.5) is 29.3 Å². The number of para-hydroxylation sites is 1. The van der Waals surface area contributed by atoms with Gasteiger partial charge in [0.15, 0.2) is 0 Å². The average Bonchev–Trinajstić information content (AvgIpc) is 3.31. The van der Waals surface area contributed by atoms with Crippen LogP contribution in [0.1, 0.15) is 23.2 Å². The fraction of sp³-hybridized carbons (Fsp3) is 0.269. The van der Waals surface area contributed by atoms with E-state index in [-0.39, 0.29) is 31.2 Å². The van der Waals surface area contributed by atoms with Crippen molar-refractivity contribution in [2.24, 2.45) is 0 Å². The first-order chi connectivity index (χ1) is 17.7. The Morgan fingerprint density at radius 1 is 1.03 bits per heavy atom. The lowest BCUT2D eigenvalue weighted by Crippen LogP contribution is -2.54. The van der Waals surface area contributed by atoms with Crippen LogP contribution in [0.2, 0.25) is 0 Å². The Kier molecular flexibility index (Phi) is 7.92. The van der Waals surface area contributed by atoms with Crippen LogP contribution >= 0.6 is 0 Å². The summed E-state index contributed by atoms with van der Waals surface area (Å²) < 4.78 is 50.5. The number of hydrogen-bond acceptors (Lipinski definition) is 6. The third kappa shape index (κ3) is 7.20. The predicted octanol–water partition coefficient (Wildman–Crippen LogP) is 4.55. The molecule has 0 bridgehead atoms. The first-order valence-electron chi connectivity index (χ1n) is 11.5. The van der Waals surface area contributed by atoms with Gasteiger partial charge in [-0.15, -0.1) is 0 Å². The number of nitrogens with zero attached hydrogens (tertiary/aromatic N) is 1. The van der Waals surface area contributed by atoms with Crippen molar-refractivity contribution in [1.29, 1.82) is 0 Å². The molecule has 8 nitrogen and oxygen atoms in total. The van der Waals surface area contributed by atoms with Gasteiger partial charge in [0, 0.05) is 30.5 Å². The summed E-state index contributed by atoms with van der Waals surface area (Å²) >= 11 is 0. The third-order valence-corrected chi connectivity index (χ3v) is 5.61. The molecule has 1 atom stereocenters. The second kappa shape index (κ2) is 11.3. The lowest BCUT2D eigenvalue weighted by atomic mass is 10.1. The van der Waals surface area contributed by atoms with E-state index < -0.39 is 23.6 Å². The minimum Gasteiger partial charge on any atom is -0.420 e. The number of halogens is 3. The molecule has 37 heavy (non-hydrogen) atoms. The summed E-state index contributed by atoms with van der Waals surface area (Å²) in [6.45, 7) is 0.453. The smallest absolute Gasteiger partial charge is 0.418 e. The van der Waals surface area contributed by atoms with E-state index in [1.165, 1.54) is 18.2 Å². The zero-order valence-corrected chi connectivity index (χ0v) is 19.7. The SMILES string of the molecule is O=C(Cc1ccccn1)NC1(OC(=O)NCc2ccc(Nc3ccccc3C(F)(F)F)cc2)CCOC1. The molecule has 1 aliphatic rings. The number of alkyl carbamates (subject to hydrolysis) is 1. The van der Waals surface area contributed by atoms with Crippen molar-refractivity contribution in [2.75, 3.05) is 18.5 Å². The highest BCUT2D eigenvalue weighted by atomic mass is 19.4. The van der Waals surface area contributed by atoms with Crippen LogP contribution in [-0.2, 0) is 33.4 Å². The van der Waals surface area contributed by atoms with Gasteiger partial charge in [-0.3, -0.25) is 9.78 Å². The first kappa shape index (κ1) is 26.0. The van der Waals surface area contributed by atoms with Crippen LogP contribution in [0.25, 0.3) is 0 Å². The third-order valence-electron chi connectivity index (χ3n) is 5.61. The van der Waals surface area contributed by atoms with Gasteiger partial charge < -0.3 is 25.4 Å². The second-order valence-electron chi connectivity index (χ2n) is 8.45. The maximum absolute atomic E-state index is 13.2. The number of carbonyl (C=O) groups excluding carboxylic acids is 2. The molecule has 1 aliphatic heterocycles. The molecule has 2 amide bonds. The highest BCUT2D eigenvalue weighted by Gasteiger charge is 2.40. The van der Waals surface area contributed by atoms with Gasteiger partial charge in [-0.25, -0.2) is 4.79 Å². The van der Waals surface area contributed by atoms with Gasteiger partial charge in [0.1, 0.15) is 6.61 Å². The van der Waals surface area contributed by atoms with E-state index in [4.69, 9.17) is 9.47 Å². The predicted molar refractivity (Wildman–Crippen MR) is 129 cm³/mol. The van der Waals surface area contributed by atoms with Gasteiger partial charge in [0.25, 0.3) is 0 Å². The molecule has 3 N–H and O–H groups in total. The van der Waals surface area contributed by atoms with Gasteiger partial charge in [-0.1, -0.05) is 30.3 Å². The van der Waals surface area contributed by atoms with E-state index in [9.17, 15) is 22.8 Å². The molecule has 0 radical (unpaired) electrons. The summed E-state index contributed by atoms with van der Waals surface area (Å²) in [6.07, 6.45) is -3.31. The van der Waals surface area contributed by atoms with E-state index in [0.717, 1.165) is 6.07 Å². The zero-order valence-electron chi connectivity index (χ0n) is 19.7. The maximum atomic E-state index is 13.2. The van der Waals surface area contributed by atoms with Crippen molar-refractivity contribution in [2.45, 2.75) is 31.3 Å².